The van der Waals surface area contributed by atoms with Crippen LogP contribution in [0.1, 0.15) is 82.6 Å². The van der Waals surface area contributed by atoms with Crippen LogP contribution in [-0.4, -0.2) is 69.6 Å². The van der Waals surface area contributed by atoms with Gasteiger partial charge in [-0.25, -0.2) is 9.59 Å². The molecule has 0 aliphatic rings. The number of thioether (sulfide) groups is 1. The summed E-state index contributed by atoms with van der Waals surface area (Å²) < 4.78 is 29.8. The Bertz CT molecular complexity index is 1080. The van der Waals surface area contributed by atoms with Gasteiger partial charge in [0.1, 0.15) is 17.8 Å². The highest BCUT2D eigenvalue weighted by atomic mass is 32.2. The molecule has 3 atom stereocenters. The molecule has 1 aromatic carbocycles. The highest BCUT2D eigenvalue weighted by Gasteiger charge is 2.42. The lowest BCUT2D eigenvalue weighted by molar-refractivity contribution is -0.161. The van der Waals surface area contributed by atoms with Gasteiger partial charge in [0.2, 0.25) is 0 Å². The lowest BCUT2D eigenvalue weighted by atomic mass is 10.00. The molecule has 0 aromatic heterocycles. The van der Waals surface area contributed by atoms with Crippen LogP contribution in [0.15, 0.2) is 46.4 Å². The van der Waals surface area contributed by atoms with Crippen LogP contribution in [0.25, 0.3) is 0 Å². The van der Waals surface area contributed by atoms with E-state index in [2.05, 4.69) is 27.7 Å². The molecular formula is C34H56O8SSi. The molecule has 0 amide bonds. The van der Waals surface area contributed by atoms with Gasteiger partial charge in [0, 0.05) is 23.3 Å². The van der Waals surface area contributed by atoms with E-state index in [0.717, 1.165) is 17.0 Å². The maximum Gasteiger partial charge on any atom is 0.337 e. The fourth-order valence-electron chi connectivity index (χ4n) is 5.05. The number of esters is 3. The molecule has 0 saturated carbocycles. The second kappa shape index (κ2) is 18.7. The van der Waals surface area contributed by atoms with Crippen molar-refractivity contribution in [1.29, 1.82) is 0 Å². The second-order valence-corrected chi connectivity index (χ2v) is 18.6. The third-order valence-electron chi connectivity index (χ3n) is 7.66. The summed E-state index contributed by atoms with van der Waals surface area (Å²) in [6.45, 7) is 20.9. The van der Waals surface area contributed by atoms with Crippen LogP contribution >= 0.6 is 11.8 Å². The smallest absolute Gasteiger partial charge is 0.337 e. The lowest BCUT2D eigenvalue weighted by Crippen LogP contribution is -2.47. The van der Waals surface area contributed by atoms with Gasteiger partial charge >= 0.3 is 17.9 Å². The van der Waals surface area contributed by atoms with Gasteiger partial charge in [-0.3, -0.25) is 4.79 Å². The first kappa shape index (κ1) is 39.9. The van der Waals surface area contributed by atoms with E-state index in [0.29, 0.717) is 5.75 Å². The summed E-state index contributed by atoms with van der Waals surface area (Å²) in [6, 6.07) is 11.5. The van der Waals surface area contributed by atoms with E-state index in [9.17, 15) is 14.4 Å². The molecule has 0 aliphatic heterocycles. The summed E-state index contributed by atoms with van der Waals surface area (Å²) in [5, 5.41) is 0. The minimum Gasteiger partial charge on any atom is -0.463 e. The van der Waals surface area contributed by atoms with Gasteiger partial charge in [-0.2, -0.15) is 0 Å². The average Bonchev–Trinajstić information content (AvgIpc) is 2.94. The number of hydrogen-bond donors (Lipinski definition) is 0. The molecule has 0 heterocycles. The van der Waals surface area contributed by atoms with Crippen molar-refractivity contribution in [2.45, 2.75) is 129 Å². The van der Waals surface area contributed by atoms with Crippen LogP contribution in [0.3, 0.4) is 0 Å². The number of ether oxygens (including phenoxy) is 4. The largest absolute Gasteiger partial charge is 0.463 e. The Labute approximate surface area is 271 Å². The Morgan fingerprint density at radius 2 is 1.52 bits per heavy atom. The van der Waals surface area contributed by atoms with Crippen LogP contribution in [0.5, 0.6) is 0 Å². The van der Waals surface area contributed by atoms with Crippen molar-refractivity contribution in [1.82, 2.24) is 0 Å². The van der Waals surface area contributed by atoms with Crippen molar-refractivity contribution >= 4 is 38.0 Å². The fourth-order valence-corrected chi connectivity index (χ4v) is 9.59. The molecule has 10 heteroatoms. The van der Waals surface area contributed by atoms with E-state index in [-0.39, 0.29) is 41.7 Å². The topological polar surface area (TPSA) is 97.4 Å². The number of hydrogen-bond acceptors (Lipinski definition) is 9. The molecule has 1 aromatic rings. The SMILES string of the molecule is CCOC(=O)/C(C)=C(\C(=O)OC(C)(C)C)[C@@H](CC(=O)O[C@H](C(C)C)[C@H](CSc1ccccc1)OC)O[Si](CC)(CC)C(C)C. The molecule has 0 saturated heterocycles. The molecule has 250 valence electrons. The molecular weight excluding hydrogens is 597 g/mol. The minimum atomic E-state index is -2.49. The Kier molecular flexibility index (Phi) is 17.0. The van der Waals surface area contributed by atoms with Gasteiger partial charge in [-0.1, -0.05) is 59.7 Å². The Hall–Kier alpha value is -2.14. The summed E-state index contributed by atoms with van der Waals surface area (Å²) in [6.07, 6.45) is -2.24. The van der Waals surface area contributed by atoms with E-state index in [1.54, 1.807) is 46.6 Å². The molecule has 8 nitrogen and oxygen atoms in total. The van der Waals surface area contributed by atoms with Crippen molar-refractivity contribution in [3.05, 3.63) is 41.5 Å². The highest BCUT2D eigenvalue weighted by Crippen LogP contribution is 2.35. The van der Waals surface area contributed by atoms with E-state index in [1.165, 1.54) is 6.92 Å². The average molecular weight is 653 g/mol. The third-order valence-corrected chi connectivity index (χ3v) is 14.0. The van der Waals surface area contributed by atoms with Crippen LogP contribution in [0.2, 0.25) is 17.6 Å². The first-order valence-corrected chi connectivity index (χ1v) is 19.1. The number of methoxy groups -OCH3 is 1. The molecule has 0 bridgehead atoms. The number of benzene rings is 1. The van der Waals surface area contributed by atoms with E-state index >= 15 is 0 Å². The number of carbonyl (C=O) groups excluding carboxylic acids is 3. The quantitative estimate of drug-likeness (QED) is 0.0518. The van der Waals surface area contributed by atoms with E-state index in [4.69, 9.17) is 23.4 Å². The predicted octanol–water partition coefficient (Wildman–Crippen LogP) is 7.75. The van der Waals surface area contributed by atoms with Gasteiger partial charge in [-0.05, 0) is 70.3 Å². The molecule has 0 spiro atoms. The standard InChI is InChI=1S/C34H56O8SSi/c1-13-39-32(36)25(8)30(33(37)41-34(9,10)11)27(42-44(14-2,15-3)24(6)7)21-29(35)40-31(23(4)5)28(38-12)22-43-26-19-17-16-18-20-26/h16-20,23-24,27-28,31H,13-15,21-22H2,1-12H3/b30-25-/t27-,28+,31-/m1/s1. The Morgan fingerprint density at radius 3 is 1.98 bits per heavy atom. The first-order chi connectivity index (χ1) is 20.5. The summed E-state index contributed by atoms with van der Waals surface area (Å²) in [4.78, 5) is 41.6. The Morgan fingerprint density at radius 1 is 0.932 bits per heavy atom. The monoisotopic (exact) mass is 652 g/mol. The van der Waals surface area contributed by atoms with Crippen LogP contribution in [0.4, 0.5) is 0 Å². The fraction of sp³-hybridized carbons (Fsp3) is 0.676. The predicted molar refractivity (Wildman–Crippen MR) is 179 cm³/mol. The maximum absolute atomic E-state index is 13.8. The summed E-state index contributed by atoms with van der Waals surface area (Å²) in [7, 11) is -0.874. The van der Waals surface area contributed by atoms with Crippen molar-refractivity contribution in [3.63, 3.8) is 0 Å². The number of carbonyl (C=O) groups is 3. The maximum atomic E-state index is 13.8. The molecule has 1 rings (SSSR count). The van der Waals surface area contributed by atoms with Crippen LogP contribution in [0, 0.1) is 5.92 Å². The molecule has 0 N–H and O–H groups in total. The molecule has 0 aliphatic carbocycles. The second-order valence-electron chi connectivity index (χ2n) is 12.6. The van der Waals surface area contributed by atoms with Gasteiger partial charge in [-0.15, -0.1) is 11.8 Å². The first-order valence-electron chi connectivity index (χ1n) is 15.7. The van der Waals surface area contributed by atoms with Crippen molar-refractivity contribution in [2.75, 3.05) is 19.5 Å². The summed E-state index contributed by atoms with van der Waals surface area (Å²) >= 11 is 1.63. The van der Waals surface area contributed by atoms with Gasteiger partial charge in [0.25, 0.3) is 0 Å². The highest BCUT2D eigenvalue weighted by molar-refractivity contribution is 7.99. The zero-order valence-corrected chi connectivity index (χ0v) is 30.8. The Balaban J connectivity index is 3.55. The summed E-state index contributed by atoms with van der Waals surface area (Å²) in [5.74, 6) is -1.38. The zero-order chi connectivity index (χ0) is 33.7. The van der Waals surface area contributed by atoms with E-state index in [1.807, 2.05) is 44.2 Å². The minimum absolute atomic E-state index is 0.00114. The third kappa shape index (κ3) is 12.3. The van der Waals surface area contributed by atoms with Gasteiger partial charge in [0.15, 0.2) is 8.32 Å². The van der Waals surface area contributed by atoms with Crippen molar-refractivity contribution < 1.29 is 37.8 Å². The molecule has 0 unspecified atom stereocenters. The normalized spacial score (nSPS) is 15.0. The zero-order valence-electron chi connectivity index (χ0n) is 29.0. The van der Waals surface area contributed by atoms with Gasteiger partial charge < -0.3 is 23.4 Å². The van der Waals surface area contributed by atoms with E-state index < -0.39 is 44.0 Å². The lowest BCUT2D eigenvalue weighted by Gasteiger charge is -2.38. The van der Waals surface area contributed by atoms with Crippen molar-refractivity contribution in [3.8, 4) is 0 Å². The summed E-state index contributed by atoms with van der Waals surface area (Å²) in [5.41, 5.74) is -0.587. The number of rotatable bonds is 18. The van der Waals surface area contributed by atoms with Gasteiger partial charge in [0.05, 0.1) is 24.7 Å². The molecule has 0 radical (unpaired) electrons. The molecule has 0 fully saturated rings. The molecule has 44 heavy (non-hydrogen) atoms. The van der Waals surface area contributed by atoms with Crippen molar-refractivity contribution in [2.24, 2.45) is 5.92 Å². The van der Waals surface area contributed by atoms with Crippen LogP contribution < -0.4 is 0 Å². The van der Waals surface area contributed by atoms with Crippen LogP contribution in [-0.2, 0) is 37.8 Å².